The third-order valence-electron chi connectivity index (χ3n) is 15.7. The van der Waals surface area contributed by atoms with Crippen LogP contribution in [0.3, 0.4) is 0 Å². The van der Waals surface area contributed by atoms with E-state index < -0.39 is 0 Å². The molecule has 12 saturated carbocycles. The molecule has 12 bridgehead atoms. The highest BCUT2D eigenvalue weighted by Crippen LogP contribution is 2.70. The largest absolute Gasteiger partial charge is 0.507 e. The molecule has 0 aromatic heterocycles. The van der Waals surface area contributed by atoms with Crippen LogP contribution in [-0.2, 0) is 16.2 Å². The molecule has 12 aliphatic carbocycles. The van der Waals surface area contributed by atoms with Gasteiger partial charge in [-0.1, -0.05) is 19.9 Å². The number of phenols is 1. The van der Waals surface area contributed by atoms with Crippen LogP contribution in [0.4, 0.5) is 0 Å². The third-order valence-corrected chi connectivity index (χ3v) is 15.7. The first-order chi connectivity index (χ1) is 19.3. The van der Waals surface area contributed by atoms with E-state index in [0.717, 1.165) is 59.0 Å². The van der Waals surface area contributed by atoms with Crippen molar-refractivity contribution >= 4 is 0 Å². The lowest BCUT2D eigenvalue weighted by Crippen LogP contribution is -2.53. The molecule has 0 spiro atoms. The number of hydrogen-bond donors (Lipinski definition) is 1. The highest BCUT2D eigenvalue weighted by Gasteiger charge is 2.60. The van der Waals surface area contributed by atoms with E-state index in [9.17, 15) is 5.11 Å². The van der Waals surface area contributed by atoms with Crippen molar-refractivity contribution < 1.29 is 5.11 Å². The summed E-state index contributed by atoms with van der Waals surface area (Å²) in [5.41, 5.74) is 7.52. The first-order valence-corrected chi connectivity index (χ1v) is 18.2. The molecule has 0 atom stereocenters. The summed E-state index contributed by atoms with van der Waals surface area (Å²) < 4.78 is 0. The number of rotatable bonds is 4. The molecule has 0 unspecified atom stereocenters. The summed E-state index contributed by atoms with van der Waals surface area (Å²) in [6.45, 7) is 5.03. The Bertz CT molecular complexity index is 1140. The minimum atomic E-state index is 0.277. The Hall–Kier alpha value is -0.980. The van der Waals surface area contributed by atoms with Gasteiger partial charge in [0, 0.05) is 16.5 Å². The van der Waals surface area contributed by atoms with Gasteiger partial charge in [0.2, 0.25) is 0 Å². The maximum absolute atomic E-state index is 13.1. The third kappa shape index (κ3) is 3.23. The highest BCUT2D eigenvalue weighted by molar-refractivity contribution is 5.61. The summed E-state index contributed by atoms with van der Waals surface area (Å²) in [7, 11) is 0. The van der Waals surface area contributed by atoms with Crippen LogP contribution in [0.15, 0.2) is 6.07 Å². The van der Waals surface area contributed by atoms with Crippen molar-refractivity contribution in [3.05, 3.63) is 28.3 Å². The lowest BCUT2D eigenvalue weighted by molar-refractivity contribution is -0.0201. The molecule has 1 aromatic carbocycles. The molecule has 13 rings (SSSR count). The summed E-state index contributed by atoms with van der Waals surface area (Å²) in [5, 5.41) is 13.1. The Balaban J connectivity index is 1.23. The highest BCUT2D eigenvalue weighted by atomic mass is 16.3. The fourth-order valence-corrected chi connectivity index (χ4v) is 15.9. The van der Waals surface area contributed by atoms with Crippen LogP contribution in [0.2, 0.25) is 0 Å². The van der Waals surface area contributed by atoms with Gasteiger partial charge in [0.1, 0.15) is 5.75 Å². The molecule has 0 saturated heterocycles. The molecule has 0 heterocycles. The molecular formula is C39H54O. The van der Waals surface area contributed by atoms with E-state index in [-0.39, 0.29) is 10.8 Å². The van der Waals surface area contributed by atoms with Crippen molar-refractivity contribution in [2.45, 2.75) is 152 Å². The molecule has 1 aromatic rings. The summed E-state index contributed by atoms with van der Waals surface area (Å²) >= 11 is 0. The van der Waals surface area contributed by atoms with Gasteiger partial charge in [0.25, 0.3) is 0 Å². The number of phenolic OH excluding ortho intramolecular Hbond substituents is 1. The van der Waals surface area contributed by atoms with Crippen molar-refractivity contribution in [1.82, 2.24) is 0 Å². The number of benzene rings is 1. The summed E-state index contributed by atoms with van der Waals surface area (Å²) in [6, 6.07) is 2.71. The molecule has 1 nitrogen and oxygen atoms in total. The van der Waals surface area contributed by atoms with Crippen LogP contribution in [0.5, 0.6) is 5.75 Å². The minimum absolute atomic E-state index is 0.277. The summed E-state index contributed by atoms with van der Waals surface area (Å²) in [4.78, 5) is 0. The molecular weight excluding hydrogens is 484 g/mol. The van der Waals surface area contributed by atoms with Crippen LogP contribution in [0, 0.1) is 53.3 Å². The zero-order valence-electron chi connectivity index (χ0n) is 25.5. The van der Waals surface area contributed by atoms with E-state index in [1.165, 1.54) is 121 Å². The molecule has 40 heavy (non-hydrogen) atoms. The van der Waals surface area contributed by atoms with Gasteiger partial charge >= 0.3 is 0 Å². The van der Waals surface area contributed by atoms with Crippen molar-refractivity contribution in [2.75, 3.05) is 0 Å². The Morgan fingerprint density at radius 1 is 0.500 bits per heavy atom. The van der Waals surface area contributed by atoms with E-state index in [1.807, 2.05) is 0 Å². The van der Waals surface area contributed by atoms with E-state index in [4.69, 9.17) is 0 Å². The topological polar surface area (TPSA) is 20.2 Å². The molecule has 12 aliphatic rings. The normalized spacial score (nSPS) is 52.8. The van der Waals surface area contributed by atoms with Crippen molar-refractivity contribution in [3.63, 3.8) is 0 Å². The Morgan fingerprint density at radius 2 is 0.800 bits per heavy atom. The van der Waals surface area contributed by atoms with Gasteiger partial charge in [-0.15, -0.1) is 0 Å². The average molecular weight is 539 g/mol. The van der Waals surface area contributed by atoms with Gasteiger partial charge in [-0.2, -0.15) is 0 Å². The average Bonchev–Trinajstić information content (AvgIpc) is 2.85. The van der Waals surface area contributed by atoms with Crippen LogP contribution >= 0.6 is 0 Å². The fraction of sp³-hybridized carbons (Fsp3) is 0.846. The SMILES string of the molecule is CC(C)c1cc(C23CC4CC(CC(C4)C2)C3)c(O)c(C23CC4CC(CC(C4)C2)C3)c1C12CC3CC(CC(C3)C1)C2. The maximum Gasteiger partial charge on any atom is 0.123 e. The van der Waals surface area contributed by atoms with E-state index in [0.29, 0.717) is 11.3 Å². The van der Waals surface area contributed by atoms with Gasteiger partial charge < -0.3 is 5.11 Å². The van der Waals surface area contributed by atoms with Crippen molar-refractivity contribution in [3.8, 4) is 5.75 Å². The van der Waals surface area contributed by atoms with Crippen molar-refractivity contribution in [1.29, 1.82) is 0 Å². The van der Waals surface area contributed by atoms with Crippen LogP contribution in [-0.4, -0.2) is 5.11 Å². The molecule has 0 amide bonds. The smallest absolute Gasteiger partial charge is 0.123 e. The van der Waals surface area contributed by atoms with Gasteiger partial charge in [0.15, 0.2) is 0 Å². The zero-order chi connectivity index (χ0) is 26.6. The molecule has 1 heteroatoms. The quantitative estimate of drug-likeness (QED) is 0.404. The lowest BCUT2D eigenvalue weighted by Gasteiger charge is -2.62. The maximum atomic E-state index is 13.1. The Morgan fingerprint density at radius 3 is 1.12 bits per heavy atom. The van der Waals surface area contributed by atoms with Crippen LogP contribution in [0.1, 0.15) is 158 Å². The summed E-state index contributed by atoms with van der Waals surface area (Å²) in [6.07, 6.45) is 26.1. The fourth-order valence-electron chi connectivity index (χ4n) is 15.9. The predicted octanol–water partition coefficient (Wildman–Crippen LogP) is 9.92. The van der Waals surface area contributed by atoms with E-state index in [2.05, 4.69) is 19.9 Å². The predicted molar refractivity (Wildman–Crippen MR) is 162 cm³/mol. The second kappa shape index (κ2) is 7.94. The minimum Gasteiger partial charge on any atom is -0.507 e. The Kier molecular flexibility index (Phi) is 4.85. The van der Waals surface area contributed by atoms with Gasteiger partial charge in [-0.3, -0.25) is 0 Å². The first-order valence-electron chi connectivity index (χ1n) is 18.2. The first kappa shape index (κ1) is 24.5. The van der Waals surface area contributed by atoms with Gasteiger partial charge in [-0.25, -0.2) is 0 Å². The Labute approximate surface area is 243 Å². The number of hydrogen-bond acceptors (Lipinski definition) is 1. The van der Waals surface area contributed by atoms with E-state index >= 15 is 0 Å². The molecule has 0 radical (unpaired) electrons. The van der Waals surface area contributed by atoms with Crippen LogP contribution < -0.4 is 0 Å². The van der Waals surface area contributed by atoms with E-state index in [1.54, 1.807) is 16.7 Å². The monoisotopic (exact) mass is 538 g/mol. The van der Waals surface area contributed by atoms with Crippen LogP contribution in [0.25, 0.3) is 0 Å². The lowest BCUT2D eigenvalue weighted by atomic mass is 9.42. The second-order valence-electron chi connectivity index (χ2n) is 18.9. The molecule has 12 fully saturated rings. The zero-order valence-corrected chi connectivity index (χ0v) is 25.5. The molecule has 216 valence electrons. The number of aromatic hydroxyl groups is 1. The van der Waals surface area contributed by atoms with Gasteiger partial charge in [-0.05, 0) is 197 Å². The summed E-state index contributed by atoms with van der Waals surface area (Å²) in [5.74, 6) is 9.91. The second-order valence-corrected chi connectivity index (χ2v) is 18.9. The molecule has 1 N–H and O–H groups in total. The standard InChI is InChI=1S/C39H54O/c1-22(2)32-12-33(37-13-23-3-24(14-37)5-25(4-23)15-37)36(40)35(39-19-29-9-30(20-39)11-31(10-29)21-39)34(32)38-16-26-6-27(17-38)8-28(7-26)18-38/h12,22-31,40H,3-11,13-21H2,1-2H3. The molecule has 0 aliphatic heterocycles. The van der Waals surface area contributed by atoms with Crippen molar-refractivity contribution in [2.24, 2.45) is 53.3 Å². The van der Waals surface area contributed by atoms with Gasteiger partial charge in [0.05, 0.1) is 0 Å².